The second-order valence-corrected chi connectivity index (χ2v) is 7.55. The van der Waals surface area contributed by atoms with Gasteiger partial charge < -0.3 is 9.47 Å². The molecule has 1 aromatic rings. The number of benzene rings is 1. The van der Waals surface area contributed by atoms with Crippen molar-refractivity contribution in [1.29, 1.82) is 0 Å². The van der Waals surface area contributed by atoms with Gasteiger partial charge in [0.05, 0.1) is 19.3 Å². The number of halogens is 3. The number of alkyl halides is 2. The lowest BCUT2D eigenvalue weighted by atomic mass is 9.82. The van der Waals surface area contributed by atoms with Gasteiger partial charge in [0.15, 0.2) is 23.9 Å². The Morgan fingerprint density at radius 2 is 1.64 bits per heavy atom. The van der Waals surface area contributed by atoms with Crippen molar-refractivity contribution in [1.82, 2.24) is 0 Å². The summed E-state index contributed by atoms with van der Waals surface area (Å²) in [5.74, 6) is 0.255. The van der Waals surface area contributed by atoms with Crippen LogP contribution in [0.4, 0.5) is 13.2 Å². The summed E-state index contributed by atoms with van der Waals surface area (Å²) in [6.45, 7) is 4.22. The molecular weight excluding hydrogens is 365 g/mol. The first-order valence-corrected chi connectivity index (χ1v) is 10.2. The summed E-state index contributed by atoms with van der Waals surface area (Å²) in [7, 11) is 0. The highest BCUT2D eigenvalue weighted by Crippen LogP contribution is 2.36. The molecule has 3 rings (SSSR count). The van der Waals surface area contributed by atoms with E-state index in [4.69, 9.17) is 9.47 Å². The molecule has 2 atom stereocenters. The van der Waals surface area contributed by atoms with Gasteiger partial charge in [-0.2, -0.15) is 0 Å². The lowest BCUT2D eigenvalue weighted by Gasteiger charge is -2.30. The Kier molecular flexibility index (Phi) is 7.22. The van der Waals surface area contributed by atoms with Crippen LogP contribution in [-0.2, 0) is 4.74 Å². The van der Waals surface area contributed by atoms with E-state index in [0.29, 0.717) is 24.2 Å². The molecule has 2 nitrogen and oxygen atoms in total. The van der Waals surface area contributed by atoms with Crippen LogP contribution in [0.5, 0.6) is 5.75 Å². The molecule has 1 aromatic carbocycles. The van der Waals surface area contributed by atoms with Gasteiger partial charge in [-0.15, -0.1) is 0 Å². The van der Waals surface area contributed by atoms with Gasteiger partial charge in [-0.1, -0.05) is 25.1 Å². The zero-order valence-electron chi connectivity index (χ0n) is 16.6. The van der Waals surface area contributed by atoms with Crippen LogP contribution < -0.4 is 4.74 Å². The topological polar surface area (TPSA) is 18.5 Å². The quantitative estimate of drug-likeness (QED) is 0.547. The zero-order chi connectivity index (χ0) is 20.1. The smallest absolute Gasteiger partial charge is 0.165 e. The van der Waals surface area contributed by atoms with Gasteiger partial charge in [-0.25, -0.2) is 13.2 Å². The normalized spacial score (nSPS) is 27.9. The highest BCUT2D eigenvalue weighted by atomic mass is 19.2. The van der Waals surface area contributed by atoms with E-state index in [1.54, 1.807) is 24.3 Å². The molecule has 1 fully saturated rings. The molecule has 5 heteroatoms. The fourth-order valence-corrected chi connectivity index (χ4v) is 4.03. The third-order valence-corrected chi connectivity index (χ3v) is 5.77. The molecule has 2 unspecified atom stereocenters. The average molecular weight is 394 g/mol. The summed E-state index contributed by atoms with van der Waals surface area (Å²) in [4.78, 5) is 0. The van der Waals surface area contributed by atoms with E-state index in [1.165, 1.54) is 0 Å². The van der Waals surface area contributed by atoms with Gasteiger partial charge in [-0.3, -0.25) is 0 Å². The van der Waals surface area contributed by atoms with Gasteiger partial charge in [-0.05, 0) is 73.8 Å². The summed E-state index contributed by atoms with van der Waals surface area (Å²) >= 11 is 0. The van der Waals surface area contributed by atoms with Crippen molar-refractivity contribution in [3.8, 4) is 5.75 Å². The molecule has 154 valence electrons. The predicted octanol–water partition coefficient (Wildman–Crippen LogP) is 6.22. The van der Waals surface area contributed by atoms with Gasteiger partial charge >= 0.3 is 0 Å². The maximum atomic E-state index is 14.2. The predicted molar refractivity (Wildman–Crippen MR) is 105 cm³/mol. The highest BCUT2D eigenvalue weighted by Gasteiger charge is 2.31. The molecule has 0 radical (unpaired) electrons. The molecule has 0 spiro atoms. The Hall–Kier alpha value is -1.75. The van der Waals surface area contributed by atoms with Crippen LogP contribution in [0, 0.1) is 5.82 Å². The van der Waals surface area contributed by atoms with E-state index in [0.717, 1.165) is 31.2 Å². The molecule has 0 aromatic heterocycles. The van der Waals surface area contributed by atoms with Crippen molar-refractivity contribution in [2.24, 2.45) is 0 Å². The SMILES string of the molecule is CCOc1ccc(C2CCC(OCC3=CC=C(CC)C(F)C3F)CC2)cc1F. The fourth-order valence-electron chi connectivity index (χ4n) is 4.03. The molecule has 1 saturated carbocycles. The van der Waals surface area contributed by atoms with E-state index >= 15 is 0 Å². The monoisotopic (exact) mass is 394 g/mol. The Morgan fingerprint density at radius 1 is 0.964 bits per heavy atom. The Bertz CT molecular complexity index is 721. The summed E-state index contributed by atoms with van der Waals surface area (Å²) in [5, 5.41) is 0. The molecule has 0 heterocycles. The lowest BCUT2D eigenvalue weighted by Crippen LogP contribution is -2.29. The lowest BCUT2D eigenvalue weighted by molar-refractivity contribution is 0.0311. The number of ether oxygens (including phenoxy) is 2. The Labute approximate surface area is 165 Å². The van der Waals surface area contributed by atoms with Crippen LogP contribution >= 0.6 is 0 Å². The minimum atomic E-state index is -1.61. The maximum absolute atomic E-state index is 14.2. The summed E-state index contributed by atoms with van der Waals surface area (Å²) in [6.07, 6.45) is 4.17. The number of allylic oxidation sites excluding steroid dienone is 3. The first-order chi connectivity index (χ1) is 13.5. The molecule has 0 amide bonds. The van der Waals surface area contributed by atoms with E-state index < -0.39 is 12.3 Å². The van der Waals surface area contributed by atoms with E-state index in [-0.39, 0.29) is 30.2 Å². The maximum Gasteiger partial charge on any atom is 0.165 e. The Morgan fingerprint density at radius 3 is 2.29 bits per heavy atom. The van der Waals surface area contributed by atoms with E-state index in [2.05, 4.69) is 0 Å². The third-order valence-electron chi connectivity index (χ3n) is 5.77. The minimum Gasteiger partial charge on any atom is -0.491 e. The largest absolute Gasteiger partial charge is 0.491 e. The van der Waals surface area contributed by atoms with Crippen LogP contribution in [0.15, 0.2) is 41.5 Å². The van der Waals surface area contributed by atoms with E-state index in [1.807, 2.05) is 19.9 Å². The number of rotatable bonds is 7. The van der Waals surface area contributed by atoms with Crippen molar-refractivity contribution in [2.75, 3.05) is 13.2 Å². The third kappa shape index (κ3) is 4.80. The summed E-state index contributed by atoms with van der Waals surface area (Å²) in [6, 6.07) is 5.19. The van der Waals surface area contributed by atoms with Gasteiger partial charge in [0, 0.05) is 0 Å². The van der Waals surface area contributed by atoms with Crippen LogP contribution in [0.1, 0.15) is 57.4 Å². The number of hydrogen-bond acceptors (Lipinski definition) is 2. The number of hydrogen-bond donors (Lipinski definition) is 0. The first-order valence-electron chi connectivity index (χ1n) is 10.2. The first kappa shape index (κ1) is 21.0. The molecule has 28 heavy (non-hydrogen) atoms. The molecular formula is C23H29F3O2. The summed E-state index contributed by atoms with van der Waals surface area (Å²) < 4.78 is 53.5. The van der Waals surface area contributed by atoms with E-state index in [9.17, 15) is 13.2 Å². The van der Waals surface area contributed by atoms with Crippen LogP contribution in [0.25, 0.3) is 0 Å². The second kappa shape index (κ2) is 9.64. The van der Waals surface area contributed by atoms with Gasteiger partial charge in [0.2, 0.25) is 0 Å². The molecule has 0 bridgehead atoms. The molecule has 0 saturated heterocycles. The molecule has 0 aliphatic heterocycles. The molecule has 2 aliphatic carbocycles. The van der Waals surface area contributed by atoms with Gasteiger partial charge in [0.25, 0.3) is 0 Å². The van der Waals surface area contributed by atoms with Crippen molar-refractivity contribution in [3.63, 3.8) is 0 Å². The average Bonchev–Trinajstić information content (AvgIpc) is 2.71. The zero-order valence-corrected chi connectivity index (χ0v) is 16.6. The minimum absolute atomic E-state index is 0.0338. The molecule has 2 aliphatic rings. The van der Waals surface area contributed by atoms with Crippen molar-refractivity contribution in [2.45, 2.75) is 70.3 Å². The Balaban J connectivity index is 1.50. The van der Waals surface area contributed by atoms with Crippen molar-refractivity contribution >= 4 is 0 Å². The van der Waals surface area contributed by atoms with Crippen LogP contribution in [0.2, 0.25) is 0 Å². The standard InChI is InChI=1S/C23H29F3O2/c1-3-15-5-6-18(23(26)22(15)25)14-28-19-10-7-16(8-11-19)17-9-12-21(27-4-2)20(24)13-17/h5-6,9,12-13,16,19,22-23H,3-4,7-8,10-11,14H2,1-2H3. The highest BCUT2D eigenvalue weighted by molar-refractivity contribution is 5.33. The van der Waals surface area contributed by atoms with Crippen molar-refractivity contribution < 1.29 is 22.6 Å². The van der Waals surface area contributed by atoms with Crippen LogP contribution in [0.3, 0.4) is 0 Å². The summed E-state index contributed by atoms with van der Waals surface area (Å²) in [5.41, 5.74) is 1.86. The molecule has 0 N–H and O–H groups in total. The fraction of sp³-hybridized carbons (Fsp3) is 0.565. The van der Waals surface area contributed by atoms with Gasteiger partial charge in [0.1, 0.15) is 0 Å². The van der Waals surface area contributed by atoms with Crippen LogP contribution in [-0.4, -0.2) is 31.7 Å². The van der Waals surface area contributed by atoms with Crippen molar-refractivity contribution in [3.05, 3.63) is 52.9 Å². The second-order valence-electron chi connectivity index (χ2n) is 7.55.